The van der Waals surface area contributed by atoms with E-state index in [2.05, 4.69) is 10.3 Å². The summed E-state index contributed by atoms with van der Waals surface area (Å²) in [7, 11) is 0. The quantitative estimate of drug-likeness (QED) is 0.873. The van der Waals surface area contributed by atoms with E-state index in [9.17, 15) is 9.59 Å². The Morgan fingerprint density at radius 1 is 1.29 bits per heavy atom. The van der Waals surface area contributed by atoms with Crippen molar-refractivity contribution in [3.05, 3.63) is 41.5 Å². The molecule has 0 unspecified atom stereocenters. The van der Waals surface area contributed by atoms with E-state index in [-0.39, 0.29) is 24.1 Å². The van der Waals surface area contributed by atoms with Gasteiger partial charge in [0.15, 0.2) is 0 Å². The van der Waals surface area contributed by atoms with E-state index in [4.69, 9.17) is 4.74 Å². The summed E-state index contributed by atoms with van der Waals surface area (Å²) in [6.45, 7) is 11.1. The number of alkyl carbamates (subject to hydrolysis) is 1. The number of benzene rings is 1. The van der Waals surface area contributed by atoms with E-state index in [1.54, 1.807) is 11.8 Å². The zero-order chi connectivity index (χ0) is 20.6. The van der Waals surface area contributed by atoms with Crippen LogP contribution in [-0.4, -0.2) is 33.7 Å². The van der Waals surface area contributed by atoms with E-state index in [0.29, 0.717) is 6.42 Å². The number of amides is 2. The molecular formula is C21H28N4O3. The molecule has 0 aliphatic carbocycles. The summed E-state index contributed by atoms with van der Waals surface area (Å²) in [4.78, 5) is 30.7. The molecule has 1 aromatic heterocycles. The average molecular weight is 384 g/mol. The number of hydrogen-bond acceptors (Lipinski definition) is 4. The number of aromatic nitrogens is 2. The van der Waals surface area contributed by atoms with Crippen molar-refractivity contribution in [1.82, 2.24) is 14.9 Å². The van der Waals surface area contributed by atoms with Gasteiger partial charge in [0.05, 0.1) is 17.8 Å². The zero-order valence-electron chi connectivity index (χ0n) is 17.3. The van der Waals surface area contributed by atoms with Gasteiger partial charge in [-0.1, -0.05) is 0 Å². The Hall–Kier alpha value is -2.83. The Morgan fingerprint density at radius 2 is 2.00 bits per heavy atom. The highest BCUT2D eigenvalue weighted by Gasteiger charge is 2.34. The summed E-state index contributed by atoms with van der Waals surface area (Å²) >= 11 is 0. The first kappa shape index (κ1) is 19.9. The van der Waals surface area contributed by atoms with E-state index >= 15 is 0 Å². The van der Waals surface area contributed by atoms with Gasteiger partial charge in [0.2, 0.25) is 5.91 Å². The van der Waals surface area contributed by atoms with Crippen LogP contribution in [0.4, 0.5) is 10.5 Å². The standard InChI is InChI=1S/C21H28N4O3/c1-12(2)28-21(27)23-19-9-14(4)25(16(6)26)20-8-7-17(10-18(19)20)24-11-13(3)22-15(24)5/h7-8,10-12,14,19H,9H2,1-6H3,(H,23,27)/t14-,19+/m0/s1. The van der Waals surface area contributed by atoms with Crippen molar-refractivity contribution in [3.8, 4) is 5.69 Å². The van der Waals surface area contributed by atoms with Crippen LogP contribution in [0.25, 0.3) is 5.69 Å². The van der Waals surface area contributed by atoms with Crippen LogP contribution in [0.5, 0.6) is 0 Å². The van der Waals surface area contributed by atoms with E-state index in [1.165, 1.54) is 0 Å². The summed E-state index contributed by atoms with van der Waals surface area (Å²) < 4.78 is 7.28. The summed E-state index contributed by atoms with van der Waals surface area (Å²) in [5.41, 5.74) is 3.60. The second-order valence-corrected chi connectivity index (χ2v) is 7.67. The molecule has 2 heterocycles. The van der Waals surface area contributed by atoms with Gasteiger partial charge < -0.3 is 19.5 Å². The Bertz CT molecular complexity index is 903. The fourth-order valence-corrected chi connectivity index (χ4v) is 3.89. The lowest BCUT2D eigenvalue weighted by Gasteiger charge is -2.39. The molecule has 0 fully saturated rings. The minimum atomic E-state index is -0.450. The molecule has 28 heavy (non-hydrogen) atoms. The van der Waals surface area contributed by atoms with Gasteiger partial charge in [-0.05, 0) is 59.2 Å². The molecule has 2 atom stereocenters. The molecule has 2 amide bonds. The van der Waals surface area contributed by atoms with Gasteiger partial charge >= 0.3 is 6.09 Å². The summed E-state index contributed by atoms with van der Waals surface area (Å²) in [5.74, 6) is 0.869. The first-order valence-corrected chi connectivity index (χ1v) is 9.61. The van der Waals surface area contributed by atoms with Gasteiger partial charge in [0, 0.05) is 36.1 Å². The average Bonchev–Trinajstić information content (AvgIpc) is 2.91. The van der Waals surface area contributed by atoms with Crippen LogP contribution in [0.3, 0.4) is 0 Å². The minimum absolute atomic E-state index is 0.0145. The third-order valence-corrected chi connectivity index (χ3v) is 4.92. The number of rotatable bonds is 3. The molecule has 0 bridgehead atoms. The Labute approximate surface area is 165 Å². The molecule has 0 radical (unpaired) electrons. The highest BCUT2D eigenvalue weighted by molar-refractivity contribution is 5.94. The maximum absolute atomic E-state index is 12.3. The molecule has 7 nitrogen and oxygen atoms in total. The second-order valence-electron chi connectivity index (χ2n) is 7.67. The molecule has 0 spiro atoms. The maximum atomic E-state index is 12.3. The van der Waals surface area contributed by atoms with Gasteiger partial charge in [-0.15, -0.1) is 0 Å². The highest BCUT2D eigenvalue weighted by Crippen LogP contribution is 2.38. The number of nitrogens with zero attached hydrogens (tertiary/aromatic N) is 3. The monoisotopic (exact) mass is 384 g/mol. The third-order valence-electron chi connectivity index (χ3n) is 4.92. The molecule has 1 N–H and O–H groups in total. The summed E-state index contributed by atoms with van der Waals surface area (Å²) in [5, 5.41) is 2.97. The molecule has 7 heteroatoms. The zero-order valence-corrected chi connectivity index (χ0v) is 17.3. The molecule has 0 saturated carbocycles. The van der Waals surface area contributed by atoms with Crippen molar-refractivity contribution < 1.29 is 14.3 Å². The number of imidazole rings is 1. The minimum Gasteiger partial charge on any atom is -0.447 e. The lowest BCUT2D eigenvalue weighted by molar-refractivity contribution is -0.117. The normalized spacial score (nSPS) is 18.8. The van der Waals surface area contributed by atoms with Crippen LogP contribution in [0.2, 0.25) is 0 Å². The maximum Gasteiger partial charge on any atom is 0.407 e. The number of hydrogen-bond donors (Lipinski definition) is 1. The lowest BCUT2D eigenvalue weighted by atomic mass is 9.91. The van der Waals surface area contributed by atoms with E-state index in [1.807, 2.05) is 63.6 Å². The SMILES string of the molecule is CC(=O)N1c2ccc(-n3cc(C)nc3C)cc2[C@H](NC(=O)OC(C)C)C[C@@H]1C. The fraction of sp³-hybridized carbons (Fsp3) is 0.476. The topological polar surface area (TPSA) is 76.5 Å². The van der Waals surface area contributed by atoms with E-state index < -0.39 is 6.09 Å². The smallest absolute Gasteiger partial charge is 0.407 e. The molecule has 1 aliphatic heterocycles. The number of carbonyl (C=O) groups excluding carboxylic acids is 2. The largest absolute Gasteiger partial charge is 0.447 e. The molecule has 1 aliphatic rings. The number of nitrogens with one attached hydrogen (secondary N) is 1. The number of carbonyl (C=O) groups is 2. The van der Waals surface area contributed by atoms with Crippen molar-refractivity contribution in [2.24, 2.45) is 0 Å². The first-order chi connectivity index (χ1) is 13.2. The van der Waals surface area contributed by atoms with Crippen molar-refractivity contribution in [1.29, 1.82) is 0 Å². The van der Waals surface area contributed by atoms with Crippen LogP contribution in [0, 0.1) is 13.8 Å². The molecule has 2 aromatic rings. The number of anilines is 1. The Balaban J connectivity index is 2.04. The van der Waals surface area contributed by atoms with Crippen molar-refractivity contribution in [2.75, 3.05) is 4.90 Å². The van der Waals surface area contributed by atoms with Gasteiger partial charge in [0.1, 0.15) is 5.82 Å². The van der Waals surface area contributed by atoms with Crippen LogP contribution in [0.15, 0.2) is 24.4 Å². The second kappa shape index (κ2) is 7.66. The van der Waals surface area contributed by atoms with Crippen LogP contribution < -0.4 is 10.2 Å². The number of ether oxygens (including phenoxy) is 1. The van der Waals surface area contributed by atoms with Gasteiger partial charge in [0.25, 0.3) is 0 Å². The van der Waals surface area contributed by atoms with E-state index in [0.717, 1.165) is 28.5 Å². The molecule has 0 saturated heterocycles. The Kier molecular flexibility index (Phi) is 5.45. The Morgan fingerprint density at radius 3 is 2.57 bits per heavy atom. The highest BCUT2D eigenvalue weighted by atomic mass is 16.6. The molecule has 3 rings (SSSR count). The summed E-state index contributed by atoms with van der Waals surface area (Å²) in [6, 6.07) is 5.67. The predicted octanol–water partition coefficient (Wildman–Crippen LogP) is 3.81. The van der Waals surface area contributed by atoms with Crippen LogP contribution in [-0.2, 0) is 9.53 Å². The van der Waals surface area contributed by atoms with Gasteiger partial charge in [-0.3, -0.25) is 4.79 Å². The van der Waals surface area contributed by atoms with Crippen LogP contribution >= 0.6 is 0 Å². The van der Waals surface area contributed by atoms with Crippen molar-refractivity contribution >= 4 is 17.7 Å². The molecule has 1 aromatic carbocycles. The molecular weight excluding hydrogens is 356 g/mol. The predicted molar refractivity (Wildman–Crippen MR) is 108 cm³/mol. The van der Waals surface area contributed by atoms with Crippen LogP contribution in [0.1, 0.15) is 57.2 Å². The van der Waals surface area contributed by atoms with Crippen molar-refractivity contribution in [3.63, 3.8) is 0 Å². The summed E-state index contributed by atoms with van der Waals surface area (Å²) in [6.07, 6.45) is 1.94. The fourth-order valence-electron chi connectivity index (χ4n) is 3.89. The third kappa shape index (κ3) is 3.88. The number of aryl methyl sites for hydroxylation is 2. The number of fused-ring (bicyclic) bond motifs is 1. The van der Waals surface area contributed by atoms with Gasteiger partial charge in [-0.2, -0.15) is 0 Å². The molecule has 150 valence electrons. The van der Waals surface area contributed by atoms with Gasteiger partial charge in [-0.25, -0.2) is 9.78 Å². The lowest BCUT2D eigenvalue weighted by Crippen LogP contribution is -2.45. The van der Waals surface area contributed by atoms with Crippen molar-refractivity contribution in [2.45, 2.75) is 66.2 Å². The first-order valence-electron chi connectivity index (χ1n) is 9.61.